The molecule has 24 heavy (non-hydrogen) atoms. The molecule has 128 valence electrons. The standard InChI is InChI=1S/C14H16F3N7/c1-3-6-24(7-9-4-5-19-22-9)13-20-11(14(15,16)17)10-12(21-13)23(2)8-18-10/h4-5,8H,3,6-7H2,1-2H3,(H,19,22). The molecule has 10 heteroatoms. The number of nitrogens with zero attached hydrogens (tertiary/aromatic N) is 6. The summed E-state index contributed by atoms with van der Waals surface area (Å²) < 4.78 is 41.5. The highest BCUT2D eigenvalue weighted by atomic mass is 19.4. The zero-order valence-electron chi connectivity index (χ0n) is 13.2. The first kappa shape index (κ1) is 16.2. The molecule has 0 amide bonds. The molecule has 0 aliphatic carbocycles. The Hall–Kier alpha value is -2.65. The molecular weight excluding hydrogens is 323 g/mol. The summed E-state index contributed by atoms with van der Waals surface area (Å²) in [5.41, 5.74) is -0.343. The zero-order chi connectivity index (χ0) is 17.3. The molecule has 1 N–H and O–H groups in total. The van der Waals surface area contributed by atoms with Gasteiger partial charge in [-0.3, -0.25) is 5.10 Å². The van der Waals surface area contributed by atoms with Gasteiger partial charge in [-0.2, -0.15) is 23.3 Å². The average molecular weight is 339 g/mol. The van der Waals surface area contributed by atoms with Crippen molar-refractivity contribution < 1.29 is 13.2 Å². The number of alkyl halides is 3. The van der Waals surface area contributed by atoms with Crippen LogP contribution in [0.4, 0.5) is 19.1 Å². The van der Waals surface area contributed by atoms with Crippen LogP contribution in [0.3, 0.4) is 0 Å². The van der Waals surface area contributed by atoms with Crippen LogP contribution in [0.2, 0.25) is 0 Å². The van der Waals surface area contributed by atoms with Crippen LogP contribution in [0.25, 0.3) is 11.2 Å². The van der Waals surface area contributed by atoms with E-state index in [4.69, 9.17) is 0 Å². The molecule has 7 nitrogen and oxygen atoms in total. The molecule has 3 aromatic rings. The molecule has 0 radical (unpaired) electrons. The van der Waals surface area contributed by atoms with Gasteiger partial charge in [0.25, 0.3) is 0 Å². The van der Waals surface area contributed by atoms with Crippen LogP contribution in [0.15, 0.2) is 18.6 Å². The number of hydrogen-bond donors (Lipinski definition) is 1. The van der Waals surface area contributed by atoms with Crippen LogP contribution < -0.4 is 4.90 Å². The number of fused-ring (bicyclic) bond motifs is 1. The largest absolute Gasteiger partial charge is 0.435 e. The van der Waals surface area contributed by atoms with E-state index in [0.29, 0.717) is 13.1 Å². The van der Waals surface area contributed by atoms with Gasteiger partial charge in [0.15, 0.2) is 11.3 Å². The second-order valence-electron chi connectivity index (χ2n) is 5.40. The highest BCUT2D eigenvalue weighted by molar-refractivity contribution is 5.75. The van der Waals surface area contributed by atoms with Crippen molar-refractivity contribution in [3.63, 3.8) is 0 Å². The SMILES string of the molecule is CCCN(Cc1ccn[nH]1)c1nc(C(F)(F)F)c2ncn(C)c2n1. The fourth-order valence-electron chi connectivity index (χ4n) is 2.43. The molecule has 0 saturated carbocycles. The number of aromatic amines is 1. The predicted octanol–water partition coefficient (Wildman–Crippen LogP) is 2.52. The van der Waals surface area contributed by atoms with E-state index in [9.17, 15) is 13.2 Å². The van der Waals surface area contributed by atoms with Crippen LogP contribution in [-0.2, 0) is 19.8 Å². The van der Waals surface area contributed by atoms with Crippen molar-refractivity contribution in [1.29, 1.82) is 0 Å². The first-order valence-corrected chi connectivity index (χ1v) is 7.39. The Morgan fingerprint density at radius 2 is 2.08 bits per heavy atom. The van der Waals surface area contributed by atoms with Crippen molar-refractivity contribution >= 4 is 17.1 Å². The molecule has 0 unspecified atom stereocenters. The molecule has 0 aliphatic heterocycles. The van der Waals surface area contributed by atoms with Gasteiger partial charge in [-0.05, 0) is 12.5 Å². The molecular formula is C14H16F3N7. The lowest BCUT2D eigenvalue weighted by Crippen LogP contribution is -2.27. The van der Waals surface area contributed by atoms with Crippen molar-refractivity contribution in [3.05, 3.63) is 30.0 Å². The molecule has 0 aromatic carbocycles. The molecule has 0 atom stereocenters. The molecule has 0 aliphatic rings. The van der Waals surface area contributed by atoms with Gasteiger partial charge in [0, 0.05) is 19.8 Å². The van der Waals surface area contributed by atoms with Gasteiger partial charge in [-0.25, -0.2) is 9.97 Å². The summed E-state index contributed by atoms with van der Waals surface area (Å²) >= 11 is 0. The third kappa shape index (κ3) is 3.03. The minimum absolute atomic E-state index is 0.0230. The van der Waals surface area contributed by atoms with E-state index >= 15 is 0 Å². The van der Waals surface area contributed by atoms with Gasteiger partial charge in [0.05, 0.1) is 18.6 Å². The second-order valence-corrected chi connectivity index (χ2v) is 5.40. The summed E-state index contributed by atoms with van der Waals surface area (Å²) in [6.07, 6.45) is -0.971. The summed E-state index contributed by atoms with van der Waals surface area (Å²) in [6, 6.07) is 1.76. The molecule has 0 spiro atoms. The number of hydrogen-bond acceptors (Lipinski definition) is 5. The number of aromatic nitrogens is 6. The molecule has 3 heterocycles. The van der Waals surface area contributed by atoms with Crippen molar-refractivity contribution in [1.82, 2.24) is 29.7 Å². The maximum absolute atomic E-state index is 13.4. The van der Waals surface area contributed by atoms with Crippen LogP contribution in [0.1, 0.15) is 24.7 Å². The minimum atomic E-state index is -4.60. The first-order chi connectivity index (χ1) is 11.4. The van der Waals surface area contributed by atoms with Gasteiger partial charge < -0.3 is 9.47 Å². The lowest BCUT2D eigenvalue weighted by Gasteiger charge is -2.22. The monoisotopic (exact) mass is 339 g/mol. The highest BCUT2D eigenvalue weighted by Crippen LogP contribution is 2.33. The van der Waals surface area contributed by atoms with Crippen molar-refractivity contribution in [2.24, 2.45) is 7.05 Å². The number of aryl methyl sites for hydroxylation is 1. The maximum atomic E-state index is 13.4. The zero-order valence-corrected chi connectivity index (χ0v) is 13.2. The summed E-state index contributed by atoms with van der Waals surface area (Å²) in [5, 5.41) is 6.65. The summed E-state index contributed by atoms with van der Waals surface area (Å²) in [7, 11) is 1.60. The van der Waals surface area contributed by atoms with E-state index in [1.165, 1.54) is 10.9 Å². The topological polar surface area (TPSA) is 75.5 Å². The Labute approximate surface area is 135 Å². The fraction of sp³-hybridized carbons (Fsp3) is 0.429. The highest BCUT2D eigenvalue weighted by Gasteiger charge is 2.37. The lowest BCUT2D eigenvalue weighted by atomic mass is 10.3. The van der Waals surface area contributed by atoms with Gasteiger partial charge in [0.2, 0.25) is 5.95 Å². The van der Waals surface area contributed by atoms with Crippen LogP contribution >= 0.6 is 0 Å². The van der Waals surface area contributed by atoms with E-state index in [1.807, 2.05) is 6.92 Å². The van der Waals surface area contributed by atoms with E-state index in [2.05, 4.69) is 25.1 Å². The van der Waals surface area contributed by atoms with Gasteiger partial charge in [0.1, 0.15) is 5.52 Å². The minimum Gasteiger partial charge on any atom is -0.335 e. The van der Waals surface area contributed by atoms with E-state index in [0.717, 1.165) is 12.1 Å². The molecule has 0 saturated heterocycles. The maximum Gasteiger partial charge on any atom is 0.435 e. The lowest BCUT2D eigenvalue weighted by molar-refractivity contribution is -0.139. The first-order valence-electron chi connectivity index (χ1n) is 7.39. The molecule has 3 aromatic heterocycles. The summed E-state index contributed by atoms with van der Waals surface area (Å²) in [4.78, 5) is 13.5. The Morgan fingerprint density at radius 1 is 1.29 bits per heavy atom. The van der Waals surface area contributed by atoms with Gasteiger partial charge in [-0.1, -0.05) is 6.92 Å². The van der Waals surface area contributed by atoms with Gasteiger partial charge in [-0.15, -0.1) is 0 Å². The number of nitrogens with one attached hydrogen (secondary N) is 1. The normalized spacial score (nSPS) is 12.0. The van der Waals surface area contributed by atoms with Gasteiger partial charge >= 0.3 is 6.18 Å². The average Bonchev–Trinajstić information content (AvgIpc) is 3.15. The second kappa shape index (κ2) is 6.10. The Balaban J connectivity index is 2.10. The predicted molar refractivity (Wildman–Crippen MR) is 81.2 cm³/mol. The summed E-state index contributed by atoms with van der Waals surface area (Å²) in [5.74, 6) is 0.0230. The number of halogens is 3. The third-order valence-electron chi connectivity index (χ3n) is 3.51. The van der Waals surface area contributed by atoms with Crippen molar-refractivity contribution in [2.45, 2.75) is 26.1 Å². The molecule has 0 bridgehead atoms. The number of anilines is 1. The molecule has 3 rings (SSSR count). The van der Waals surface area contributed by atoms with E-state index in [1.54, 1.807) is 24.2 Å². The fourth-order valence-corrected chi connectivity index (χ4v) is 2.43. The number of H-pyrrole nitrogens is 1. The Morgan fingerprint density at radius 3 is 2.71 bits per heavy atom. The smallest absolute Gasteiger partial charge is 0.335 e. The van der Waals surface area contributed by atoms with Crippen LogP contribution in [0.5, 0.6) is 0 Å². The van der Waals surface area contributed by atoms with Crippen molar-refractivity contribution in [3.8, 4) is 0 Å². The number of rotatable bonds is 5. The van der Waals surface area contributed by atoms with Crippen LogP contribution in [-0.4, -0.2) is 36.3 Å². The number of imidazole rings is 1. The van der Waals surface area contributed by atoms with E-state index in [-0.39, 0.29) is 17.1 Å². The quantitative estimate of drug-likeness (QED) is 0.773. The Kier molecular flexibility index (Phi) is 4.12. The van der Waals surface area contributed by atoms with Crippen molar-refractivity contribution in [2.75, 3.05) is 11.4 Å². The van der Waals surface area contributed by atoms with Crippen LogP contribution in [0, 0.1) is 0 Å². The molecule has 0 fully saturated rings. The Bertz CT molecular complexity index is 823. The summed E-state index contributed by atoms with van der Waals surface area (Å²) in [6.45, 7) is 2.79. The third-order valence-corrected chi connectivity index (χ3v) is 3.51. The van der Waals surface area contributed by atoms with E-state index < -0.39 is 11.9 Å².